The molecule has 1 heterocycles. The maximum Gasteiger partial charge on any atom is 0.338 e. The minimum atomic E-state index is -0.921. The molecule has 1 fully saturated rings. The molecule has 0 amide bonds. The fourth-order valence-corrected chi connectivity index (χ4v) is 2.16. The van der Waals surface area contributed by atoms with Crippen LogP contribution < -0.4 is 0 Å². The minimum Gasteiger partial charge on any atom is -0.466 e. The lowest BCUT2D eigenvalue weighted by molar-refractivity contribution is -0.139. The second kappa shape index (κ2) is 4.89. The van der Waals surface area contributed by atoms with Crippen molar-refractivity contribution in [2.75, 3.05) is 14.2 Å². The van der Waals surface area contributed by atoms with Crippen LogP contribution in [0.3, 0.4) is 0 Å². The van der Waals surface area contributed by atoms with Crippen LogP contribution in [0.5, 0.6) is 0 Å². The van der Waals surface area contributed by atoms with Crippen molar-refractivity contribution in [2.24, 2.45) is 0 Å². The molecule has 0 spiro atoms. The van der Waals surface area contributed by atoms with Crippen LogP contribution in [-0.4, -0.2) is 48.6 Å². The Kier molecular flexibility index (Phi) is 3.49. The molecule has 0 aromatic rings. The molecule has 5 nitrogen and oxygen atoms in total. The monoisotopic (exact) mass is 239 g/mol. The van der Waals surface area contributed by atoms with E-state index in [4.69, 9.17) is 4.74 Å². The second-order valence-corrected chi connectivity index (χ2v) is 4.26. The number of hydrogen-bond donors (Lipinski definition) is 1. The molecule has 0 aromatic heterocycles. The number of aliphatic hydroxyl groups is 1. The van der Waals surface area contributed by atoms with Crippen LogP contribution in [0.4, 0.5) is 0 Å². The van der Waals surface area contributed by atoms with Crippen LogP contribution in [0, 0.1) is 0 Å². The molecule has 0 aromatic carbocycles. The average molecular weight is 239 g/mol. The Hall–Kier alpha value is -1.33. The minimum absolute atomic E-state index is 0.222. The van der Waals surface area contributed by atoms with Crippen molar-refractivity contribution in [3.05, 3.63) is 23.9 Å². The Balaban J connectivity index is 2.01. The van der Waals surface area contributed by atoms with Gasteiger partial charge >= 0.3 is 5.97 Å². The third-order valence-electron chi connectivity index (χ3n) is 3.34. The molecule has 0 saturated heterocycles. The quantitative estimate of drug-likeness (QED) is 0.723. The van der Waals surface area contributed by atoms with Crippen LogP contribution in [0.15, 0.2) is 23.9 Å². The van der Waals surface area contributed by atoms with E-state index in [0.717, 1.165) is 12.8 Å². The van der Waals surface area contributed by atoms with E-state index in [1.807, 2.05) is 0 Å². The molecular formula is C12H17NO4. The topological polar surface area (TPSA) is 59.0 Å². The number of aliphatic hydroxyl groups excluding tert-OH is 1. The third kappa shape index (κ3) is 2.21. The third-order valence-corrected chi connectivity index (χ3v) is 3.34. The molecule has 1 aliphatic heterocycles. The van der Waals surface area contributed by atoms with Crippen LogP contribution in [-0.2, 0) is 14.3 Å². The first-order valence-electron chi connectivity index (χ1n) is 5.62. The highest BCUT2D eigenvalue weighted by atomic mass is 16.5. The number of carbonyl (C=O) groups is 1. The summed E-state index contributed by atoms with van der Waals surface area (Å²) in [7, 11) is 2.99. The van der Waals surface area contributed by atoms with Gasteiger partial charge in [0.25, 0.3) is 0 Å². The number of nitrogens with zero attached hydrogens (tertiary/aromatic N) is 1. The van der Waals surface area contributed by atoms with Gasteiger partial charge in [-0.15, -0.1) is 0 Å². The highest BCUT2D eigenvalue weighted by Crippen LogP contribution is 2.31. The van der Waals surface area contributed by atoms with Crippen molar-refractivity contribution < 1.29 is 19.4 Å². The zero-order valence-corrected chi connectivity index (χ0v) is 10.00. The molecule has 0 bridgehead atoms. The van der Waals surface area contributed by atoms with Gasteiger partial charge in [0.1, 0.15) is 0 Å². The van der Waals surface area contributed by atoms with Crippen molar-refractivity contribution in [3.63, 3.8) is 0 Å². The standard InChI is InChI=1S/C12H17NO4/c1-16-9-6-8(7-9)13-5-3-4-10(11(13)14)12(15)17-2/h3-5,8-9,11,14H,6-7H2,1-2H3. The zero-order chi connectivity index (χ0) is 12.4. The van der Waals surface area contributed by atoms with Gasteiger partial charge in [-0.2, -0.15) is 0 Å². The highest BCUT2D eigenvalue weighted by Gasteiger charge is 2.38. The normalized spacial score (nSPS) is 31.8. The molecule has 1 N–H and O–H groups in total. The van der Waals surface area contributed by atoms with Gasteiger partial charge in [0.05, 0.1) is 18.8 Å². The van der Waals surface area contributed by atoms with Gasteiger partial charge in [-0.25, -0.2) is 4.79 Å². The number of esters is 1. The van der Waals surface area contributed by atoms with Gasteiger partial charge in [-0.3, -0.25) is 0 Å². The summed E-state index contributed by atoms with van der Waals surface area (Å²) in [6.07, 6.45) is 6.20. The first kappa shape index (κ1) is 12.1. The number of rotatable bonds is 3. The van der Waals surface area contributed by atoms with E-state index < -0.39 is 12.2 Å². The van der Waals surface area contributed by atoms with E-state index in [1.165, 1.54) is 7.11 Å². The SMILES string of the molecule is COC(=O)C1=CC=CN(C2CC(OC)C2)C1O. The number of ether oxygens (including phenoxy) is 2. The summed E-state index contributed by atoms with van der Waals surface area (Å²) >= 11 is 0. The predicted octanol–water partition coefficient (Wildman–Crippen LogP) is 0.411. The predicted molar refractivity (Wildman–Crippen MR) is 60.9 cm³/mol. The molecule has 1 aliphatic carbocycles. The molecule has 17 heavy (non-hydrogen) atoms. The summed E-state index contributed by atoms with van der Waals surface area (Å²) in [6, 6.07) is 0.222. The zero-order valence-electron chi connectivity index (χ0n) is 10.00. The lowest BCUT2D eigenvalue weighted by atomic mass is 9.87. The summed E-state index contributed by atoms with van der Waals surface area (Å²) in [5, 5.41) is 10.1. The van der Waals surface area contributed by atoms with Crippen molar-refractivity contribution in [3.8, 4) is 0 Å². The lowest BCUT2D eigenvalue weighted by Gasteiger charge is -2.44. The number of allylic oxidation sites excluding steroid dienone is 2. The maximum absolute atomic E-state index is 11.4. The van der Waals surface area contributed by atoms with E-state index >= 15 is 0 Å². The van der Waals surface area contributed by atoms with Gasteiger partial charge in [-0.05, 0) is 25.0 Å². The van der Waals surface area contributed by atoms with E-state index in [-0.39, 0.29) is 17.7 Å². The van der Waals surface area contributed by atoms with E-state index in [9.17, 15) is 9.90 Å². The Morgan fingerprint density at radius 1 is 1.47 bits per heavy atom. The number of hydrogen-bond acceptors (Lipinski definition) is 5. The van der Waals surface area contributed by atoms with Crippen molar-refractivity contribution >= 4 is 5.97 Å². The van der Waals surface area contributed by atoms with Crippen LogP contribution in [0.1, 0.15) is 12.8 Å². The highest BCUT2D eigenvalue weighted by molar-refractivity contribution is 5.90. The lowest BCUT2D eigenvalue weighted by Crippen LogP contribution is -2.51. The smallest absolute Gasteiger partial charge is 0.338 e. The summed E-state index contributed by atoms with van der Waals surface area (Å²) in [6.45, 7) is 0. The van der Waals surface area contributed by atoms with Crippen LogP contribution in [0.2, 0.25) is 0 Å². The molecule has 2 rings (SSSR count). The Morgan fingerprint density at radius 2 is 2.18 bits per heavy atom. The summed E-state index contributed by atoms with van der Waals surface area (Å²) < 4.78 is 9.83. The summed E-state index contributed by atoms with van der Waals surface area (Å²) in [4.78, 5) is 13.2. The molecule has 2 aliphatic rings. The van der Waals surface area contributed by atoms with Gasteiger partial charge in [-0.1, -0.05) is 0 Å². The largest absolute Gasteiger partial charge is 0.466 e. The summed E-state index contributed by atoms with van der Waals surface area (Å²) in [5.74, 6) is -0.491. The van der Waals surface area contributed by atoms with Gasteiger partial charge in [0, 0.05) is 19.4 Å². The van der Waals surface area contributed by atoms with E-state index in [0.29, 0.717) is 0 Å². The molecule has 1 atom stereocenters. The van der Waals surface area contributed by atoms with Gasteiger partial charge < -0.3 is 19.5 Å². The molecular weight excluding hydrogens is 222 g/mol. The van der Waals surface area contributed by atoms with Crippen molar-refractivity contribution in [2.45, 2.75) is 31.2 Å². The van der Waals surface area contributed by atoms with Crippen molar-refractivity contribution in [1.29, 1.82) is 0 Å². The van der Waals surface area contributed by atoms with E-state index in [2.05, 4.69) is 4.74 Å². The fourth-order valence-electron chi connectivity index (χ4n) is 2.16. The Morgan fingerprint density at radius 3 is 2.76 bits per heavy atom. The Labute approximate surface area is 100 Å². The average Bonchev–Trinajstić information content (AvgIpc) is 2.29. The molecule has 1 unspecified atom stereocenters. The van der Waals surface area contributed by atoms with Crippen molar-refractivity contribution in [1.82, 2.24) is 4.90 Å². The van der Waals surface area contributed by atoms with Gasteiger partial charge in [0.2, 0.25) is 0 Å². The molecule has 1 saturated carbocycles. The molecule has 0 radical (unpaired) electrons. The molecule has 5 heteroatoms. The second-order valence-electron chi connectivity index (χ2n) is 4.26. The first-order valence-corrected chi connectivity index (χ1v) is 5.62. The van der Waals surface area contributed by atoms with Crippen LogP contribution in [0.25, 0.3) is 0 Å². The van der Waals surface area contributed by atoms with E-state index in [1.54, 1.807) is 30.4 Å². The van der Waals surface area contributed by atoms with Crippen LogP contribution >= 0.6 is 0 Å². The first-order chi connectivity index (χ1) is 8.17. The maximum atomic E-state index is 11.4. The van der Waals surface area contributed by atoms with Gasteiger partial charge in [0.15, 0.2) is 6.23 Å². The molecule has 94 valence electrons. The summed E-state index contributed by atoms with van der Waals surface area (Å²) in [5.41, 5.74) is 0.274. The Bertz CT molecular complexity index is 358. The fraction of sp³-hybridized carbons (Fsp3) is 0.583. The number of carbonyl (C=O) groups excluding carboxylic acids is 1. The number of methoxy groups -OCH3 is 2.